The van der Waals surface area contributed by atoms with Gasteiger partial charge in [0, 0.05) is 21.9 Å². The molecule has 1 aliphatic rings. The van der Waals surface area contributed by atoms with Crippen molar-refractivity contribution < 1.29 is 9.18 Å². The van der Waals surface area contributed by atoms with E-state index in [1.165, 1.54) is 50.3 Å². The van der Waals surface area contributed by atoms with Crippen LogP contribution in [0.15, 0.2) is 47.4 Å². The molecule has 25 heavy (non-hydrogen) atoms. The molecule has 1 saturated carbocycles. The maximum absolute atomic E-state index is 13.2. The number of carbonyl (C=O) groups excluding carboxylic acids is 1. The first-order valence-electron chi connectivity index (χ1n) is 8.61. The Labute approximate surface area is 157 Å². The van der Waals surface area contributed by atoms with Gasteiger partial charge in [0.2, 0.25) is 0 Å². The lowest BCUT2D eigenvalue weighted by Gasteiger charge is -2.21. The number of anilines is 1. The third kappa shape index (κ3) is 5.23. The molecule has 0 saturated heterocycles. The van der Waals surface area contributed by atoms with Crippen LogP contribution in [0.2, 0.25) is 5.02 Å². The second kappa shape index (κ2) is 8.72. The first kappa shape index (κ1) is 18.3. The van der Waals surface area contributed by atoms with Gasteiger partial charge in [-0.2, -0.15) is 0 Å². The molecule has 132 valence electrons. The maximum Gasteiger partial charge on any atom is 0.255 e. The van der Waals surface area contributed by atoms with Crippen LogP contribution in [0.1, 0.15) is 42.5 Å². The molecule has 0 spiro atoms. The molecular formula is C20H21ClFNOS. The topological polar surface area (TPSA) is 29.1 Å². The lowest BCUT2D eigenvalue weighted by atomic mass is 9.91. The van der Waals surface area contributed by atoms with Crippen LogP contribution >= 0.6 is 23.4 Å². The number of halogens is 2. The van der Waals surface area contributed by atoms with Gasteiger partial charge in [-0.25, -0.2) is 4.39 Å². The molecule has 0 atom stereocenters. The predicted molar refractivity (Wildman–Crippen MR) is 103 cm³/mol. The Kier molecular flexibility index (Phi) is 6.38. The van der Waals surface area contributed by atoms with E-state index in [2.05, 4.69) is 5.32 Å². The van der Waals surface area contributed by atoms with Crippen molar-refractivity contribution in [2.45, 2.75) is 37.0 Å². The largest absolute Gasteiger partial charge is 0.322 e. The van der Waals surface area contributed by atoms with Gasteiger partial charge in [0.05, 0.1) is 5.02 Å². The van der Waals surface area contributed by atoms with Crippen molar-refractivity contribution in [3.8, 4) is 0 Å². The summed E-state index contributed by atoms with van der Waals surface area (Å²) in [7, 11) is 0. The normalized spacial score (nSPS) is 15.1. The lowest BCUT2D eigenvalue weighted by Crippen LogP contribution is -2.12. The van der Waals surface area contributed by atoms with Gasteiger partial charge in [0.25, 0.3) is 5.91 Å². The molecule has 0 heterocycles. The number of hydrogen-bond acceptors (Lipinski definition) is 2. The summed E-state index contributed by atoms with van der Waals surface area (Å²) in [6.07, 6.45) is 6.68. The minimum absolute atomic E-state index is 0.00501. The molecule has 1 fully saturated rings. The Morgan fingerprint density at radius 1 is 1.16 bits per heavy atom. The summed E-state index contributed by atoms with van der Waals surface area (Å²) < 4.78 is 13.2. The molecule has 5 heteroatoms. The van der Waals surface area contributed by atoms with E-state index in [0.717, 1.165) is 16.6 Å². The van der Waals surface area contributed by atoms with Crippen molar-refractivity contribution in [3.63, 3.8) is 0 Å². The van der Waals surface area contributed by atoms with E-state index < -0.39 is 5.82 Å². The summed E-state index contributed by atoms with van der Waals surface area (Å²) in [6, 6.07) is 11.8. The van der Waals surface area contributed by atoms with Crippen molar-refractivity contribution >= 4 is 35.0 Å². The Balaban J connectivity index is 1.61. The number of benzene rings is 2. The number of amides is 1. The van der Waals surface area contributed by atoms with Crippen molar-refractivity contribution in [2.75, 3.05) is 11.1 Å². The quantitative estimate of drug-likeness (QED) is 0.610. The van der Waals surface area contributed by atoms with Gasteiger partial charge in [-0.05, 0) is 55.2 Å². The number of carbonyl (C=O) groups is 1. The second-order valence-corrected chi connectivity index (χ2v) is 7.93. The monoisotopic (exact) mass is 377 g/mol. The third-order valence-electron chi connectivity index (χ3n) is 4.48. The van der Waals surface area contributed by atoms with Gasteiger partial charge in [0.1, 0.15) is 5.82 Å². The highest BCUT2D eigenvalue weighted by molar-refractivity contribution is 7.99. The summed E-state index contributed by atoms with van der Waals surface area (Å²) in [5, 5.41) is 2.75. The molecule has 2 aromatic rings. The highest BCUT2D eigenvalue weighted by Crippen LogP contribution is 2.30. The second-order valence-electron chi connectivity index (χ2n) is 6.43. The third-order valence-corrected chi connectivity index (χ3v) is 6.00. The highest BCUT2D eigenvalue weighted by Gasteiger charge is 2.14. The number of thioether (sulfide) groups is 1. The van der Waals surface area contributed by atoms with Gasteiger partial charge < -0.3 is 5.32 Å². The van der Waals surface area contributed by atoms with Gasteiger partial charge in [-0.1, -0.05) is 36.9 Å². The SMILES string of the molecule is O=C(Nc1ccc(F)c(Cl)c1)c1cccc(SCC2CCCCC2)c1. The van der Waals surface area contributed by atoms with Crippen LogP contribution in [0.25, 0.3) is 0 Å². The molecule has 1 amide bonds. The fraction of sp³-hybridized carbons (Fsp3) is 0.350. The standard InChI is InChI=1S/C20H21ClFNOS/c21-18-12-16(9-10-19(18)22)23-20(24)15-7-4-8-17(11-15)25-13-14-5-2-1-3-6-14/h4,7-12,14H,1-3,5-6,13H2,(H,23,24). The number of rotatable bonds is 5. The van der Waals surface area contributed by atoms with Gasteiger partial charge in [-0.15, -0.1) is 11.8 Å². The van der Waals surface area contributed by atoms with Crippen molar-refractivity contribution in [1.29, 1.82) is 0 Å². The highest BCUT2D eigenvalue weighted by atomic mass is 35.5. The lowest BCUT2D eigenvalue weighted by molar-refractivity contribution is 0.102. The minimum Gasteiger partial charge on any atom is -0.322 e. The van der Waals surface area contributed by atoms with E-state index in [1.807, 2.05) is 30.0 Å². The fourth-order valence-corrected chi connectivity index (χ4v) is 4.40. The molecule has 2 nitrogen and oxygen atoms in total. The average molecular weight is 378 g/mol. The number of hydrogen-bond donors (Lipinski definition) is 1. The number of nitrogens with one attached hydrogen (secondary N) is 1. The average Bonchev–Trinajstić information content (AvgIpc) is 2.64. The Hall–Kier alpha value is -1.52. The molecule has 0 radical (unpaired) electrons. The summed E-state index contributed by atoms with van der Waals surface area (Å²) in [5.74, 6) is 1.18. The minimum atomic E-state index is -0.499. The van der Waals surface area contributed by atoms with Crippen LogP contribution in [0, 0.1) is 11.7 Å². The Bertz CT molecular complexity index is 746. The Morgan fingerprint density at radius 2 is 1.96 bits per heavy atom. The predicted octanol–water partition coefficient (Wildman–Crippen LogP) is 6.40. The molecular weight excluding hydrogens is 357 g/mol. The van der Waals surface area contributed by atoms with Crippen LogP contribution < -0.4 is 5.32 Å². The van der Waals surface area contributed by atoms with Crippen molar-refractivity contribution in [1.82, 2.24) is 0 Å². The zero-order valence-electron chi connectivity index (χ0n) is 13.9. The van der Waals surface area contributed by atoms with E-state index in [9.17, 15) is 9.18 Å². The molecule has 0 unspecified atom stereocenters. The van der Waals surface area contributed by atoms with E-state index in [4.69, 9.17) is 11.6 Å². The zero-order chi connectivity index (χ0) is 17.6. The molecule has 0 bridgehead atoms. The van der Waals surface area contributed by atoms with Crippen LogP contribution in [0.3, 0.4) is 0 Å². The summed E-state index contributed by atoms with van der Waals surface area (Å²) >= 11 is 7.57. The molecule has 1 N–H and O–H groups in total. The Morgan fingerprint density at radius 3 is 2.72 bits per heavy atom. The van der Waals surface area contributed by atoms with E-state index in [-0.39, 0.29) is 10.9 Å². The van der Waals surface area contributed by atoms with E-state index in [1.54, 1.807) is 6.07 Å². The van der Waals surface area contributed by atoms with Crippen LogP contribution in [0.4, 0.5) is 10.1 Å². The molecule has 3 rings (SSSR count). The van der Waals surface area contributed by atoms with Crippen LogP contribution in [0.5, 0.6) is 0 Å². The van der Waals surface area contributed by atoms with Gasteiger partial charge in [0.15, 0.2) is 0 Å². The molecule has 0 aliphatic heterocycles. The van der Waals surface area contributed by atoms with Crippen LogP contribution in [-0.4, -0.2) is 11.7 Å². The zero-order valence-corrected chi connectivity index (χ0v) is 15.5. The van der Waals surface area contributed by atoms with E-state index in [0.29, 0.717) is 11.3 Å². The van der Waals surface area contributed by atoms with Gasteiger partial charge >= 0.3 is 0 Å². The summed E-state index contributed by atoms with van der Waals surface area (Å²) in [4.78, 5) is 13.5. The first-order valence-corrected chi connectivity index (χ1v) is 9.97. The van der Waals surface area contributed by atoms with E-state index >= 15 is 0 Å². The summed E-state index contributed by atoms with van der Waals surface area (Å²) in [6.45, 7) is 0. The fourth-order valence-electron chi connectivity index (χ4n) is 3.07. The van der Waals surface area contributed by atoms with Crippen LogP contribution in [-0.2, 0) is 0 Å². The summed E-state index contributed by atoms with van der Waals surface area (Å²) in [5.41, 5.74) is 1.07. The molecule has 2 aromatic carbocycles. The maximum atomic E-state index is 13.2. The smallest absolute Gasteiger partial charge is 0.255 e. The van der Waals surface area contributed by atoms with Gasteiger partial charge in [-0.3, -0.25) is 4.79 Å². The molecule has 0 aromatic heterocycles. The molecule has 1 aliphatic carbocycles. The first-order chi connectivity index (χ1) is 12.1. The van der Waals surface area contributed by atoms with Crippen molar-refractivity contribution in [3.05, 3.63) is 58.9 Å². The van der Waals surface area contributed by atoms with Crippen molar-refractivity contribution in [2.24, 2.45) is 5.92 Å².